The molecule has 21 heavy (non-hydrogen) atoms. The van der Waals surface area contributed by atoms with E-state index >= 15 is 0 Å². The first-order valence-electron chi connectivity index (χ1n) is 7.38. The van der Waals surface area contributed by atoms with Gasteiger partial charge < -0.3 is 9.72 Å². The Kier molecular flexibility index (Phi) is 4.28. The van der Waals surface area contributed by atoms with Crippen LogP contribution in [0.4, 0.5) is 0 Å². The van der Waals surface area contributed by atoms with Gasteiger partial charge in [-0.2, -0.15) is 0 Å². The van der Waals surface area contributed by atoms with Crippen LogP contribution >= 0.6 is 23.6 Å². The smallest absolute Gasteiger partial charge is 0.263 e. The Labute approximate surface area is 132 Å². The van der Waals surface area contributed by atoms with Crippen LogP contribution in [0.1, 0.15) is 29.7 Å². The van der Waals surface area contributed by atoms with E-state index in [9.17, 15) is 4.79 Å². The summed E-state index contributed by atoms with van der Waals surface area (Å²) >= 11 is 6.92. The fraction of sp³-hybridized carbons (Fsp3) is 0.600. The van der Waals surface area contributed by atoms with Gasteiger partial charge in [-0.3, -0.25) is 9.36 Å². The molecule has 2 aromatic heterocycles. The summed E-state index contributed by atoms with van der Waals surface area (Å²) in [5, 5.41) is 0.782. The number of H-pyrrole nitrogens is 1. The molecule has 0 aliphatic heterocycles. The number of aromatic amines is 1. The highest BCUT2D eigenvalue weighted by molar-refractivity contribution is 7.71. The summed E-state index contributed by atoms with van der Waals surface area (Å²) in [5.74, 6) is 0.781. The van der Waals surface area contributed by atoms with E-state index in [1.165, 1.54) is 17.7 Å². The predicted molar refractivity (Wildman–Crippen MR) is 88.9 cm³/mol. The fourth-order valence-corrected chi connectivity index (χ4v) is 3.82. The predicted octanol–water partition coefficient (Wildman–Crippen LogP) is 3.55. The van der Waals surface area contributed by atoms with Crippen LogP contribution in [0.2, 0.25) is 0 Å². The van der Waals surface area contributed by atoms with Crippen molar-refractivity contribution in [3.63, 3.8) is 0 Å². The van der Waals surface area contributed by atoms with Gasteiger partial charge in [0.25, 0.3) is 5.56 Å². The molecule has 0 amide bonds. The zero-order valence-corrected chi connectivity index (χ0v) is 14.0. The van der Waals surface area contributed by atoms with Gasteiger partial charge in [-0.25, -0.2) is 0 Å². The Hall–Kier alpha value is -0.980. The highest BCUT2D eigenvalue weighted by Gasteiger charge is 2.20. The van der Waals surface area contributed by atoms with Crippen molar-refractivity contribution in [2.75, 3.05) is 13.2 Å². The molecule has 1 aliphatic rings. The number of rotatable bonds is 6. The number of nitrogens with one attached hydrogen (secondary N) is 1. The maximum absolute atomic E-state index is 12.6. The largest absolute Gasteiger partial charge is 0.381 e. The zero-order chi connectivity index (χ0) is 15.0. The van der Waals surface area contributed by atoms with Crippen LogP contribution in [0, 0.1) is 24.5 Å². The molecule has 0 saturated heterocycles. The zero-order valence-electron chi connectivity index (χ0n) is 12.4. The van der Waals surface area contributed by atoms with Gasteiger partial charge in [0.15, 0.2) is 4.77 Å². The summed E-state index contributed by atoms with van der Waals surface area (Å²) < 4.78 is 7.79. The highest BCUT2D eigenvalue weighted by atomic mass is 32.1. The molecule has 0 atom stereocenters. The molecular formula is C15H20N2O2S2. The molecule has 1 saturated carbocycles. The molecule has 1 fully saturated rings. The number of thiophene rings is 1. The Morgan fingerprint density at radius 1 is 1.43 bits per heavy atom. The van der Waals surface area contributed by atoms with Gasteiger partial charge in [0, 0.05) is 24.6 Å². The van der Waals surface area contributed by atoms with Gasteiger partial charge in [-0.15, -0.1) is 11.3 Å². The van der Waals surface area contributed by atoms with Gasteiger partial charge >= 0.3 is 0 Å². The summed E-state index contributed by atoms with van der Waals surface area (Å²) in [6.45, 7) is 6.20. The third kappa shape index (κ3) is 3.12. The quantitative estimate of drug-likeness (QED) is 0.653. The van der Waals surface area contributed by atoms with Crippen molar-refractivity contribution in [1.82, 2.24) is 9.55 Å². The summed E-state index contributed by atoms with van der Waals surface area (Å²) in [4.78, 5) is 17.8. The average molecular weight is 324 g/mol. The number of hydrogen-bond acceptors (Lipinski definition) is 4. The van der Waals surface area contributed by atoms with Crippen molar-refractivity contribution >= 4 is 33.8 Å². The van der Waals surface area contributed by atoms with Crippen molar-refractivity contribution in [3.8, 4) is 0 Å². The van der Waals surface area contributed by atoms with Gasteiger partial charge in [0.1, 0.15) is 4.83 Å². The van der Waals surface area contributed by atoms with E-state index in [0.717, 1.165) is 34.7 Å². The van der Waals surface area contributed by atoms with E-state index < -0.39 is 0 Å². The van der Waals surface area contributed by atoms with Crippen LogP contribution in [0.3, 0.4) is 0 Å². The third-order valence-electron chi connectivity index (χ3n) is 4.03. The lowest BCUT2D eigenvalue weighted by Gasteiger charge is -2.07. The molecule has 6 heteroatoms. The second-order valence-electron chi connectivity index (χ2n) is 5.75. The molecule has 0 radical (unpaired) electrons. The number of hydrogen-bond donors (Lipinski definition) is 1. The van der Waals surface area contributed by atoms with Gasteiger partial charge in [-0.1, -0.05) is 0 Å². The Morgan fingerprint density at radius 2 is 2.19 bits per heavy atom. The third-order valence-corrected chi connectivity index (χ3v) is 5.48. The first kappa shape index (κ1) is 14.9. The number of aromatic nitrogens is 2. The van der Waals surface area contributed by atoms with Gasteiger partial charge in [0.2, 0.25) is 0 Å². The van der Waals surface area contributed by atoms with Crippen molar-refractivity contribution in [1.29, 1.82) is 0 Å². The van der Waals surface area contributed by atoms with Crippen molar-refractivity contribution in [2.24, 2.45) is 5.92 Å². The van der Waals surface area contributed by atoms with E-state index in [2.05, 4.69) is 4.98 Å². The van der Waals surface area contributed by atoms with E-state index in [4.69, 9.17) is 17.0 Å². The van der Waals surface area contributed by atoms with E-state index in [-0.39, 0.29) is 5.56 Å². The average Bonchev–Trinajstić information content (AvgIpc) is 3.20. The molecule has 2 heterocycles. The molecule has 1 aliphatic carbocycles. The number of aryl methyl sites for hydroxylation is 2. The van der Waals surface area contributed by atoms with Crippen molar-refractivity contribution in [3.05, 3.63) is 25.6 Å². The normalized spacial score (nSPS) is 15.0. The summed E-state index contributed by atoms with van der Waals surface area (Å²) in [7, 11) is 0. The summed E-state index contributed by atoms with van der Waals surface area (Å²) in [6.07, 6.45) is 3.42. The maximum Gasteiger partial charge on any atom is 0.263 e. The molecule has 0 bridgehead atoms. The van der Waals surface area contributed by atoms with Gasteiger partial charge in [0.05, 0.1) is 5.39 Å². The minimum absolute atomic E-state index is 0.0257. The number of ether oxygens (including phenoxy) is 1. The fourth-order valence-electron chi connectivity index (χ4n) is 2.43. The lowest BCUT2D eigenvalue weighted by Crippen LogP contribution is -2.23. The van der Waals surface area contributed by atoms with Gasteiger partial charge in [-0.05, 0) is 56.8 Å². The highest BCUT2D eigenvalue weighted by Crippen LogP contribution is 2.28. The standard InChI is InChI=1S/C15H20N2O2S2/c1-9-10(2)21-13-12(9)14(18)17(15(20)16-13)6-3-7-19-8-11-4-5-11/h11H,3-8H2,1-2H3,(H,16,20). The van der Waals surface area contributed by atoms with Crippen LogP contribution in [-0.4, -0.2) is 22.8 Å². The minimum atomic E-state index is 0.0257. The molecule has 0 spiro atoms. The molecule has 114 valence electrons. The maximum atomic E-state index is 12.6. The molecule has 4 nitrogen and oxygen atoms in total. The Balaban J connectivity index is 1.76. The SMILES string of the molecule is Cc1sc2[nH]c(=S)n(CCCOCC3CC3)c(=O)c2c1C. The molecule has 2 aromatic rings. The topological polar surface area (TPSA) is 47.0 Å². The van der Waals surface area contributed by atoms with Crippen molar-refractivity contribution in [2.45, 2.75) is 39.7 Å². The Bertz CT molecular complexity index is 768. The Morgan fingerprint density at radius 3 is 2.90 bits per heavy atom. The first-order valence-corrected chi connectivity index (χ1v) is 8.61. The van der Waals surface area contributed by atoms with Crippen LogP contribution in [0.15, 0.2) is 4.79 Å². The van der Waals surface area contributed by atoms with Crippen LogP contribution in [0.25, 0.3) is 10.2 Å². The molecule has 3 rings (SSSR count). The lowest BCUT2D eigenvalue weighted by atomic mass is 10.2. The van der Waals surface area contributed by atoms with Crippen LogP contribution < -0.4 is 5.56 Å². The monoisotopic (exact) mass is 324 g/mol. The second-order valence-corrected chi connectivity index (χ2v) is 7.36. The van der Waals surface area contributed by atoms with Crippen LogP contribution in [0.5, 0.6) is 0 Å². The summed E-state index contributed by atoms with van der Waals surface area (Å²) in [5.41, 5.74) is 1.09. The van der Waals surface area contributed by atoms with E-state index in [1.807, 2.05) is 13.8 Å². The number of nitrogens with zero attached hydrogens (tertiary/aromatic N) is 1. The van der Waals surface area contributed by atoms with Crippen molar-refractivity contribution < 1.29 is 4.74 Å². The van der Waals surface area contributed by atoms with Crippen LogP contribution in [-0.2, 0) is 11.3 Å². The summed E-state index contributed by atoms with van der Waals surface area (Å²) in [6, 6.07) is 0. The molecule has 0 aromatic carbocycles. The molecular weight excluding hydrogens is 304 g/mol. The molecule has 1 N–H and O–H groups in total. The minimum Gasteiger partial charge on any atom is -0.381 e. The lowest BCUT2D eigenvalue weighted by molar-refractivity contribution is 0.119. The molecule has 0 unspecified atom stereocenters. The van der Waals surface area contributed by atoms with E-state index in [0.29, 0.717) is 17.9 Å². The number of fused-ring (bicyclic) bond motifs is 1. The second kappa shape index (κ2) is 6.02. The first-order chi connectivity index (χ1) is 10.1. The van der Waals surface area contributed by atoms with E-state index in [1.54, 1.807) is 15.9 Å².